The largest absolute Gasteiger partial charge is 0.492 e. The van der Waals surface area contributed by atoms with Crippen molar-refractivity contribution in [2.45, 2.75) is 17.2 Å². The summed E-state index contributed by atoms with van der Waals surface area (Å²) in [4.78, 5) is 20.5. The molecule has 33 heavy (non-hydrogen) atoms. The fourth-order valence-electron chi connectivity index (χ4n) is 2.82. The van der Waals surface area contributed by atoms with Crippen LogP contribution in [0.1, 0.15) is 5.69 Å². The molecule has 0 saturated heterocycles. The Balaban J connectivity index is 1.96. The Hall–Kier alpha value is -3.17. The Morgan fingerprint density at radius 2 is 1.73 bits per heavy atom. The number of hydrogen-bond acceptors (Lipinski definition) is 6. The van der Waals surface area contributed by atoms with Crippen molar-refractivity contribution in [3.8, 4) is 11.1 Å². The number of pyridine rings is 1. The number of hydrogen-bond donors (Lipinski definition) is 2. The van der Waals surface area contributed by atoms with Crippen molar-refractivity contribution >= 4 is 27.0 Å². The molecular formula is C18H14F6N4O4S. The van der Waals surface area contributed by atoms with E-state index in [2.05, 4.69) is 14.8 Å². The molecule has 0 unspecified atom stereocenters. The smallest absolute Gasteiger partial charge is 0.345 e. The highest BCUT2D eigenvalue weighted by atomic mass is 32.2. The van der Waals surface area contributed by atoms with Crippen molar-refractivity contribution in [3.05, 3.63) is 48.3 Å². The highest BCUT2D eigenvalue weighted by molar-refractivity contribution is 7.89. The van der Waals surface area contributed by atoms with Gasteiger partial charge >= 0.3 is 18.3 Å². The second-order valence-electron chi connectivity index (χ2n) is 6.52. The van der Waals surface area contributed by atoms with E-state index in [-0.39, 0.29) is 21.1 Å². The molecular weight excluding hydrogens is 482 g/mol. The third-order valence-corrected chi connectivity index (χ3v) is 5.96. The zero-order valence-corrected chi connectivity index (χ0v) is 17.1. The summed E-state index contributed by atoms with van der Waals surface area (Å²) in [5.74, 6) is -2.75. The van der Waals surface area contributed by atoms with Crippen LogP contribution in [0, 0.1) is 0 Å². The van der Waals surface area contributed by atoms with E-state index in [0.29, 0.717) is 5.56 Å². The SMILES string of the molecule is NCCN(OC(=O)C(F)(F)F)S(=O)(=O)c1ccc(-c2ccnc3[nH]c(C(F)(F)F)cc23)cc1. The quantitative estimate of drug-likeness (QED) is 0.400. The number of nitrogens with zero attached hydrogens (tertiary/aromatic N) is 2. The molecule has 1 aromatic carbocycles. The predicted octanol–water partition coefficient (Wildman–Crippen LogP) is 3.22. The lowest BCUT2D eigenvalue weighted by molar-refractivity contribution is -0.222. The number of alkyl halides is 6. The standard InChI is InChI=1S/C18H14F6N4O4S/c19-17(20,21)14-9-13-12(5-7-26-15(13)27-14)10-1-3-11(4-2-10)33(30,31)28(8-6-25)32-16(29)18(22,23)24/h1-5,7,9H,6,8,25H2,(H,26,27). The summed E-state index contributed by atoms with van der Waals surface area (Å²) >= 11 is 0. The van der Waals surface area contributed by atoms with Gasteiger partial charge in [-0.3, -0.25) is 0 Å². The van der Waals surface area contributed by atoms with Crippen molar-refractivity contribution in [2.24, 2.45) is 5.73 Å². The van der Waals surface area contributed by atoms with E-state index in [4.69, 9.17) is 5.73 Å². The third-order valence-electron chi connectivity index (χ3n) is 4.30. The zero-order chi connectivity index (χ0) is 24.6. The molecule has 2 aromatic heterocycles. The number of carbonyl (C=O) groups excluding carboxylic acids is 1. The lowest BCUT2D eigenvalue weighted by atomic mass is 10.0. The first-order chi connectivity index (χ1) is 15.2. The van der Waals surface area contributed by atoms with Gasteiger partial charge < -0.3 is 15.6 Å². The van der Waals surface area contributed by atoms with Gasteiger partial charge in [0.1, 0.15) is 11.3 Å². The van der Waals surface area contributed by atoms with Gasteiger partial charge in [-0.2, -0.15) is 26.3 Å². The molecule has 0 amide bonds. The number of carbonyl (C=O) groups is 1. The number of aromatic amines is 1. The van der Waals surface area contributed by atoms with Crippen molar-refractivity contribution in [1.29, 1.82) is 0 Å². The molecule has 0 saturated carbocycles. The Kier molecular flexibility index (Phi) is 6.41. The minimum Gasteiger partial charge on any atom is -0.345 e. The molecule has 3 aromatic rings. The van der Waals surface area contributed by atoms with E-state index in [1.165, 1.54) is 24.4 Å². The van der Waals surface area contributed by atoms with Crippen LogP contribution in [0.25, 0.3) is 22.2 Å². The average molecular weight is 496 g/mol. The molecule has 0 fully saturated rings. The first-order valence-corrected chi connectivity index (χ1v) is 10.4. The van der Waals surface area contributed by atoms with Crippen molar-refractivity contribution in [3.63, 3.8) is 0 Å². The molecule has 0 radical (unpaired) electrons. The number of benzene rings is 1. The minimum absolute atomic E-state index is 0.0512. The lowest BCUT2D eigenvalue weighted by Gasteiger charge is -2.21. The van der Waals surface area contributed by atoms with E-state index < -0.39 is 52.0 Å². The number of rotatable bonds is 6. The summed E-state index contributed by atoms with van der Waals surface area (Å²) in [6.45, 7) is -1.20. The van der Waals surface area contributed by atoms with Crippen molar-refractivity contribution in [1.82, 2.24) is 14.4 Å². The normalized spacial score (nSPS) is 13.0. The summed E-state index contributed by atoms with van der Waals surface area (Å²) in [6, 6.07) is 6.72. The van der Waals surface area contributed by atoms with Gasteiger partial charge in [0, 0.05) is 18.1 Å². The van der Waals surface area contributed by atoms with E-state index in [9.17, 15) is 39.6 Å². The first kappa shape index (κ1) is 24.5. The third kappa shape index (κ3) is 5.09. The van der Waals surface area contributed by atoms with Crippen molar-refractivity contribution < 1.29 is 44.4 Å². The molecule has 15 heteroatoms. The summed E-state index contributed by atoms with van der Waals surface area (Å²) < 4.78 is 102. The van der Waals surface area contributed by atoms with Crippen LogP contribution in [-0.2, 0) is 25.8 Å². The van der Waals surface area contributed by atoms with Gasteiger partial charge in [0.15, 0.2) is 0 Å². The van der Waals surface area contributed by atoms with Crippen LogP contribution >= 0.6 is 0 Å². The lowest BCUT2D eigenvalue weighted by Crippen LogP contribution is -2.41. The second-order valence-corrected chi connectivity index (χ2v) is 8.35. The van der Waals surface area contributed by atoms with Gasteiger partial charge in [0.25, 0.3) is 10.0 Å². The maximum atomic E-state index is 13.0. The van der Waals surface area contributed by atoms with Crippen LogP contribution in [0.5, 0.6) is 0 Å². The molecule has 8 nitrogen and oxygen atoms in total. The Bertz CT molecular complexity index is 1270. The molecule has 0 aliphatic carbocycles. The molecule has 0 aliphatic heterocycles. The molecule has 0 aliphatic rings. The summed E-state index contributed by atoms with van der Waals surface area (Å²) in [5.41, 5.74) is 4.72. The summed E-state index contributed by atoms with van der Waals surface area (Å²) in [6.07, 6.45) is -8.83. The van der Waals surface area contributed by atoms with E-state index in [0.717, 1.165) is 18.2 Å². The number of fused-ring (bicyclic) bond motifs is 1. The van der Waals surface area contributed by atoms with Crippen molar-refractivity contribution in [2.75, 3.05) is 13.1 Å². The molecule has 0 atom stereocenters. The number of sulfonamides is 1. The van der Waals surface area contributed by atoms with E-state index >= 15 is 0 Å². The van der Waals surface area contributed by atoms with Crippen LogP contribution in [-0.4, -0.2) is 48.1 Å². The van der Waals surface area contributed by atoms with Gasteiger partial charge in [0.2, 0.25) is 0 Å². The van der Waals surface area contributed by atoms with Crippen LogP contribution in [0.4, 0.5) is 26.3 Å². The van der Waals surface area contributed by atoms with Crippen LogP contribution < -0.4 is 5.73 Å². The first-order valence-electron chi connectivity index (χ1n) is 8.92. The van der Waals surface area contributed by atoms with E-state index in [1.54, 1.807) is 0 Å². The monoisotopic (exact) mass is 496 g/mol. The topological polar surface area (TPSA) is 118 Å². The highest BCUT2D eigenvalue weighted by Crippen LogP contribution is 2.35. The van der Waals surface area contributed by atoms with Crippen LogP contribution in [0.2, 0.25) is 0 Å². The summed E-state index contributed by atoms with van der Waals surface area (Å²) in [5, 5.41) is 0.115. The Morgan fingerprint density at radius 3 is 2.27 bits per heavy atom. The molecule has 3 N–H and O–H groups in total. The Morgan fingerprint density at radius 1 is 1.09 bits per heavy atom. The average Bonchev–Trinajstić information content (AvgIpc) is 3.18. The van der Waals surface area contributed by atoms with Crippen LogP contribution in [0.3, 0.4) is 0 Å². The highest BCUT2D eigenvalue weighted by Gasteiger charge is 2.44. The van der Waals surface area contributed by atoms with Gasteiger partial charge in [-0.05, 0) is 39.9 Å². The second kappa shape index (κ2) is 8.64. The Labute approximate surface area is 182 Å². The molecule has 3 rings (SSSR count). The molecule has 0 spiro atoms. The van der Waals surface area contributed by atoms with Gasteiger partial charge in [-0.25, -0.2) is 18.2 Å². The predicted molar refractivity (Wildman–Crippen MR) is 102 cm³/mol. The maximum Gasteiger partial charge on any atom is 0.492 e. The molecule has 178 valence electrons. The number of halogens is 6. The van der Waals surface area contributed by atoms with Gasteiger partial charge in [0.05, 0.1) is 11.4 Å². The minimum atomic E-state index is -5.44. The zero-order valence-electron chi connectivity index (χ0n) is 16.2. The van der Waals surface area contributed by atoms with Gasteiger partial charge in [-0.1, -0.05) is 12.1 Å². The van der Waals surface area contributed by atoms with E-state index in [1.807, 2.05) is 0 Å². The fourth-order valence-corrected chi connectivity index (χ4v) is 4.05. The fraction of sp³-hybridized carbons (Fsp3) is 0.222. The number of hydroxylamine groups is 1. The summed E-state index contributed by atoms with van der Waals surface area (Å²) in [7, 11) is -4.73. The van der Waals surface area contributed by atoms with Crippen LogP contribution in [0.15, 0.2) is 47.5 Å². The number of aromatic nitrogens is 2. The number of H-pyrrole nitrogens is 1. The number of nitrogens with two attached hydrogens (primary N) is 1. The van der Waals surface area contributed by atoms with Gasteiger partial charge in [-0.15, -0.1) is 0 Å². The maximum absolute atomic E-state index is 13.0. The molecule has 2 heterocycles. The molecule has 0 bridgehead atoms. The number of nitrogens with one attached hydrogen (secondary N) is 1.